The van der Waals surface area contributed by atoms with Crippen LogP contribution in [-0.2, 0) is 4.74 Å². The van der Waals surface area contributed by atoms with Crippen molar-refractivity contribution in [2.75, 3.05) is 5.32 Å². The third kappa shape index (κ3) is 4.24. The molecule has 0 atom stereocenters. The predicted molar refractivity (Wildman–Crippen MR) is 71.0 cm³/mol. The van der Waals surface area contributed by atoms with Gasteiger partial charge in [0.15, 0.2) is 5.43 Å². The molecule has 0 spiro atoms. The number of ether oxygens (including phenoxy) is 1. The van der Waals surface area contributed by atoms with Crippen LogP contribution >= 0.6 is 0 Å². The number of aromatic nitrogens is 1. The van der Waals surface area contributed by atoms with Gasteiger partial charge in [0.25, 0.3) is 0 Å². The number of nitrogens with one attached hydrogen (secondary N) is 2. The SMILES string of the molecule is CC(C)c1c[nH]c(NC(=O)OC(C)(C)C)cc1=O. The highest BCUT2D eigenvalue weighted by atomic mass is 16.6. The van der Waals surface area contributed by atoms with Crippen LogP contribution in [0.15, 0.2) is 17.1 Å². The summed E-state index contributed by atoms with van der Waals surface area (Å²) in [6, 6.07) is 1.36. The molecular formula is C13H20N2O3. The highest BCUT2D eigenvalue weighted by Gasteiger charge is 2.16. The smallest absolute Gasteiger partial charge is 0.413 e. The van der Waals surface area contributed by atoms with Crippen molar-refractivity contribution in [1.82, 2.24) is 4.98 Å². The second-order valence-electron chi connectivity index (χ2n) is 5.45. The molecule has 2 N–H and O–H groups in total. The van der Waals surface area contributed by atoms with Crippen molar-refractivity contribution in [3.05, 3.63) is 28.0 Å². The van der Waals surface area contributed by atoms with Gasteiger partial charge in [-0.3, -0.25) is 10.1 Å². The van der Waals surface area contributed by atoms with E-state index in [4.69, 9.17) is 4.74 Å². The Kier molecular flexibility index (Phi) is 4.16. The zero-order valence-electron chi connectivity index (χ0n) is 11.5. The minimum atomic E-state index is -0.588. The molecule has 0 radical (unpaired) electrons. The third-order valence-electron chi connectivity index (χ3n) is 2.20. The Morgan fingerprint density at radius 3 is 2.44 bits per heavy atom. The lowest BCUT2D eigenvalue weighted by Gasteiger charge is -2.19. The van der Waals surface area contributed by atoms with Crippen molar-refractivity contribution >= 4 is 11.9 Å². The zero-order valence-corrected chi connectivity index (χ0v) is 11.5. The molecule has 1 amide bonds. The molecule has 0 aromatic carbocycles. The Bertz CT molecular complexity index is 484. The Balaban J connectivity index is 2.78. The maximum atomic E-state index is 11.7. The van der Waals surface area contributed by atoms with E-state index in [1.165, 1.54) is 6.07 Å². The molecule has 5 nitrogen and oxygen atoms in total. The number of hydrogen-bond donors (Lipinski definition) is 2. The highest BCUT2D eigenvalue weighted by Crippen LogP contribution is 2.11. The maximum absolute atomic E-state index is 11.7. The van der Waals surface area contributed by atoms with Gasteiger partial charge in [-0.2, -0.15) is 0 Å². The summed E-state index contributed by atoms with van der Waals surface area (Å²) in [4.78, 5) is 26.1. The standard InChI is InChI=1S/C13H20N2O3/c1-8(2)9-7-14-11(6-10(9)16)15-12(17)18-13(3,4)5/h6-8H,1-5H3,(H2,14,15,16,17). The third-order valence-corrected chi connectivity index (χ3v) is 2.20. The predicted octanol–water partition coefficient (Wildman–Crippen LogP) is 2.85. The summed E-state index contributed by atoms with van der Waals surface area (Å²) in [5.41, 5.74) is 0.0157. The summed E-state index contributed by atoms with van der Waals surface area (Å²) in [5.74, 6) is 0.475. The second-order valence-corrected chi connectivity index (χ2v) is 5.45. The van der Waals surface area contributed by atoms with E-state index in [1.807, 2.05) is 13.8 Å². The van der Waals surface area contributed by atoms with E-state index < -0.39 is 11.7 Å². The number of amides is 1. The lowest BCUT2D eigenvalue weighted by molar-refractivity contribution is 0.0635. The summed E-state index contributed by atoms with van der Waals surface area (Å²) in [6.07, 6.45) is 1.02. The first-order valence-corrected chi connectivity index (χ1v) is 5.91. The van der Waals surface area contributed by atoms with E-state index in [1.54, 1.807) is 27.0 Å². The van der Waals surface area contributed by atoms with Crippen LogP contribution in [0.2, 0.25) is 0 Å². The molecule has 0 saturated carbocycles. The van der Waals surface area contributed by atoms with Crippen molar-refractivity contribution in [3.63, 3.8) is 0 Å². The Morgan fingerprint density at radius 1 is 1.39 bits per heavy atom. The molecule has 0 aliphatic heterocycles. The number of anilines is 1. The quantitative estimate of drug-likeness (QED) is 0.850. The lowest BCUT2D eigenvalue weighted by atomic mass is 10.1. The molecule has 1 aromatic rings. The van der Waals surface area contributed by atoms with E-state index >= 15 is 0 Å². The van der Waals surface area contributed by atoms with E-state index in [0.717, 1.165) is 0 Å². The molecular weight excluding hydrogens is 232 g/mol. The second kappa shape index (κ2) is 5.25. The maximum Gasteiger partial charge on any atom is 0.413 e. The van der Waals surface area contributed by atoms with Crippen molar-refractivity contribution in [2.24, 2.45) is 0 Å². The van der Waals surface area contributed by atoms with Crippen molar-refractivity contribution in [2.45, 2.75) is 46.1 Å². The van der Waals surface area contributed by atoms with Gasteiger partial charge in [-0.15, -0.1) is 0 Å². The molecule has 18 heavy (non-hydrogen) atoms. The van der Waals surface area contributed by atoms with E-state index in [-0.39, 0.29) is 11.3 Å². The molecule has 1 aromatic heterocycles. The molecule has 1 heterocycles. The highest BCUT2D eigenvalue weighted by molar-refractivity contribution is 5.83. The number of carbonyl (C=O) groups is 1. The average Bonchev–Trinajstić information content (AvgIpc) is 2.13. The van der Waals surface area contributed by atoms with Crippen LogP contribution in [0.3, 0.4) is 0 Å². The van der Waals surface area contributed by atoms with Gasteiger partial charge < -0.3 is 9.72 Å². The van der Waals surface area contributed by atoms with Crippen LogP contribution in [0.1, 0.15) is 46.1 Å². The van der Waals surface area contributed by atoms with E-state index in [2.05, 4.69) is 10.3 Å². The fourth-order valence-corrected chi connectivity index (χ4v) is 1.42. The number of aromatic amines is 1. The normalized spacial score (nSPS) is 11.4. The van der Waals surface area contributed by atoms with Gasteiger partial charge in [0.1, 0.15) is 11.4 Å². The molecule has 0 unspecified atom stereocenters. The van der Waals surface area contributed by atoms with Crippen molar-refractivity contribution in [3.8, 4) is 0 Å². The largest absolute Gasteiger partial charge is 0.444 e. The first-order valence-electron chi connectivity index (χ1n) is 5.91. The van der Waals surface area contributed by atoms with Gasteiger partial charge in [0.2, 0.25) is 0 Å². The number of H-pyrrole nitrogens is 1. The number of hydrogen-bond acceptors (Lipinski definition) is 3. The summed E-state index contributed by atoms with van der Waals surface area (Å²) < 4.78 is 5.09. The Hall–Kier alpha value is -1.78. The summed E-state index contributed by atoms with van der Waals surface area (Å²) in [5, 5.41) is 2.49. The van der Waals surface area contributed by atoms with Gasteiger partial charge in [0.05, 0.1) is 0 Å². The number of rotatable bonds is 2. The van der Waals surface area contributed by atoms with Gasteiger partial charge in [0, 0.05) is 17.8 Å². The van der Waals surface area contributed by atoms with Gasteiger partial charge >= 0.3 is 6.09 Å². The monoisotopic (exact) mass is 252 g/mol. The topological polar surface area (TPSA) is 71.2 Å². The van der Waals surface area contributed by atoms with Crippen LogP contribution in [0.5, 0.6) is 0 Å². The molecule has 100 valence electrons. The fourth-order valence-electron chi connectivity index (χ4n) is 1.42. The molecule has 0 saturated heterocycles. The van der Waals surface area contributed by atoms with Gasteiger partial charge in [-0.25, -0.2) is 4.79 Å². The van der Waals surface area contributed by atoms with E-state index in [9.17, 15) is 9.59 Å². The molecule has 5 heteroatoms. The Labute approximate surface area is 107 Å². The summed E-state index contributed by atoms with van der Waals surface area (Å²) in [6.45, 7) is 9.20. The lowest BCUT2D eigenvalue weighted by Crippen LogP contribution is -2.28. The molecule has 0 aliphatic carbocycles. The number of carbonyl (C=O) groups excluding carboxylic acids is 1. The van der Waals surface area contributed by atoms with Gasteiger partial charge in [-0.1, -0.05) is 13.8 Å². The van der Waals surface area contributed by atoms with Crippen molar-refractivity contribution in [1.29, 1.82) is 0 Å². The minimum absolute atomic E-state index is 0.102. The summed E-state index contributed by atoms with van der Waals surface area (Å²) >= 11 is 0. The van der Waals surface area contributed by atoms with Crippen LogP contribution in [-0.4, -0.2) is 16.7 Å². The van der Waals surface area contributed by atoms with Crippen LogP contribution in [0, 0.1) is 0 Å². The van der Waals surface area contributed by atoms with Crippen molar-refractivity contribution < 1.29 is 9.53 Å². The van der Waals surface area contributed by atoms with Crippen LogP contribution < -0.4 is 10.7 Å². The molecule has 0 aliphatic rings. The Morgan fingerprint density at radius 2 is 2.00 bits per heavy atom. The first-order chi connectivity index (χ1) is 8.19. The minimum Gasteiger partial charge on any atom is -0.444 e. The summed E-state index contributed by atoms with van der Waals surface area (Å²) in [7, 11) is 0. The van der Waals surface area contributed by atoms with Crippen LogP contribution in [0.25, 0.3) is 0 Å². The van der Waals surface area contributed by atoms with E-state index in [0.29, 0.717) is 11.4 Å². The van der Waals surface area contributed by atoms with Gasteiger partial charge in [-0.05, 0) is 26.7 Å². The average molecular weight is 252 g/mol. The fraction of sp³-hybridized carbons (Fsp3) is 0.538. The molecule has 0 fully saturated rings. The molecule has 0 bridgehead atoms. The number of pyridine rings is 1. The zero-order chi connectivity index (χ0) is 13.9. The molecule has 1 rings (SSSR count). The van der Waals surface area contributed by atoms with Crippen LogP contribution in [0.4, 0.5) is 10.6 Å². The first kappa shape index (κ1) is 14.3.